The Kier molecular flexibility index (Phi) is 3.42. The molecule has 0 fully saturated rings. The van der Waals surface area contributed by atoms with Gasteiger partial charge in [-0.05, 0) is 12.1 Å². The van der Waals surface area contributed by atoms with Crippen molar-refractivity contribution in [2.24, 2.45) is 0 Å². The van der Waals surface area contributed by atoms with Crippen molar-refractivity contribution in [1.29, 1.82) is 0 Å². The highest BCUT2D eigenvalue weighted by Gasteiger charge is 2.31. The van der Waals surface area contributed by atoms with Gasteiger partial charge in [-0.3, -0.25) is 4.79 Å². The van der Waals surface area contributed by atoms with Gasteiger partial charge in [0.2, 0.25) is 0 Å². The molecule has 0 aliphatic carbocycles. The van der Waals surface area contributed by atoms with Crippen LogP contribution in [0.3, 0.4) is 0 Å². The molecule has 88 valence electrons. The van der Waals surface area contributed by atoms with Gasteiger partial charge in [-0.25, -0.2) is 8.42 Å². The van der Waals surface area contributed by atoms with Crippen molar-refractivity contribution in [3.63, 3.8) is 0 Å². The number of hydrogen-bond acceptors (Lipinski definition) is 3. The van der Waals surface area contributed by atoms with Crippen molar-refractivity contribution in [2.45, 2.75) is 17.7 Å². The van der Waals surface area contributed by atoms with Crippen LogP contribution in [0, 0.1) is 0 Å². The lowest BCUT2D eigenvalue weighted by atomic mass is 10.1. The van der Waals surface area contributed by atoms with Crippen molar-refractivity contribution in [3.8, 4) is 0 Å². The summed E-state index contributed by atoms with van der Waals surface area (Å²) < 4.78 is 48.9. The molecule has 3 nitrogen and oxygen atoms in total. The van der Waals surface area contributed by atoms with E-state index in [1.807, 2.05) is 0 Å². The van der Waals surface area contributed by atoms with Crippen LogP contribution in [0.4, 0.5) is 8.78 Å². The zero-order valence-electron chi connectivity index (χ0n) is 8.48. The predicted molar refractivity (Wildman–Crippen MR) is 54.1 cm³/mol. The Labute approximate surface area is 92.0 Å². The molecular weight excluding hydrogens is 238 g/mol. The fraction of sp³-hybridized carbons (Fsp3) is 0.300. The van der Waals surface area contributed by atoms with Gasteiger partial charge in [-0.15, -0.1) is 0 Å². The standard InChI is InChI=1S/C10H10F2O3S/c1-2-16(14,15)9-5-3-4-8(6-9)10(11,12)7-13/h3-7H,2H2,1H3. The quantitative estimate of drug-likeness (QED) is 0.763. The molecule has 0 spiro atoms. The molecule has 16 heavy (non-hydrogen) atoms. The average Bonchev–Trinajstić information content (AvgIpc) is 2.29. The molecule has 1 rings (SSSR count). The third-order valence-electron chi connectivity index (χ3n) is 2.11. The van der Waals surface area contributed by atoms with Gasteiger partial charge in [0.05, 0.1) is 10.6 Å². The van der Waals surface area contributed by atoms with Crippen LogP contribution in [0.1, 0.15) is 12.5 Å². The van der Waals surface area contributed by atoms with Gasteiger partial charge < -0.3 is 0 Å². The molecule has 0 aromatic heterocycles. The molecule has 0 bridgehead atoms. The van der Waals surface area contributed by atoms with E-state index in [1.165, 1.54) is 19.1 Å². The Balaban J connectivity index is 3.30. The minimum atomic E-state index is -3.65. The first-order valence-corrected chi connectivity index (χ1v) is 6.16. The van der Waals surface area contributed by atoms with Gasteiger partial charge in [0, 0.05) is 5.56 Å². The molecule has 0 amide bonds. The molecule has 0 heterocycles. The first kappa shape index (κ1) is 12.8. The molecule has 0 aliphatic heterocycles. The van der Waals surface area contributed by atoms with Crippen LogP contribution in [0.5, 0.6) is 0 Å². The van der Waals surface area contributed by atoms with Gasteiger partial charge >= 0.3 is 5.92 Å². The summed E-state index contributed by atoms with van der Waals surface area (Å²) in [6.07, 6.45) is -0.509. The molecule has 1 aromatic rings. The molecule has 0 N–H and O–H groups in total. The molecule has 1 aromatic carbocycles. The van der Waals surface area contributed by atoms with Crippen LogP contribution >= 0.6 is 0 Å². The number of alkyl halides is 2. The van der Waals surface area contributed by atoms with E-state index >= 15 is 0 Å². The van der Waals surface area contributed by atoms with Crippen molar-refractivity contribution < 1.29 is 22.0 Å². The molecule has 0 aliphatic rings. The number of halogens is 2. The maximum Gasteiger partial charge on any atom is 0.327 e. The van der Waals surface area contributed by atoms with Gasteiger partial charge in [0.15, 0.2) is 16.1 Å². The highest BCUT2D eigenvalue weighted by molar-refractivity contribution is 7.91. The predicted octanol–water partition coefficient (Wildman–Crippen LogP) is 1.77. The Morgan fingerprint density at radius 1 is 1.38 bits per heavy atom. The van der Waals surface area contributed by atoms with Crippen LogP contribution in [-0.2, 0) is 20.6 Å². The molecule has 0 saturated heterocycles. The van der Waals surface area contributed by atoms with E-state index < -0.39 is 27.6 Å². The Bertz CT molecular complexity index is 495. The molecule has 0 saturated carbocycles. The number of aldehydes is 1. The van der Waals surface area contributed by atoms with Crippen molar-refractivity contribution in [2.75, 3.05) is 5.75 Å². The Morgan fingerprint density at radius 3 is 2.50 bits per heavy atom. The van der Waals surface area contributed by atoms with Gasteiger partial charge in [0.1, 0.15) is 0 Å². The number of hydrogen-bond donors (Lipinski definition) is 0. The number of carbonyl (C=O) groups is 1. The van der Waals surface area contributed by atoms with Crippen LogP contribution < -0.4 is 0 Å². The zero-order chi connectivity index (χ0) is 12.4. The lowest BCUT2D eigenvalue weighted by Gasteiger charge is -2.10. The number of carbonyl (C=O) groups excluding carboxylic acids is 1. The van der Waals surface area contributed by atoms with Gasteiger partial charge in [-0.2, -0.15) is 8.78 Å². The summed E-state index contributed by atoms with van der Waals surface area (Å²) in [7, 11) is -3.54. The fourth-order valence-electron chi connectivity index (χ4n) is 1.13. The number of benzene rings is 1. The van der Waals surface area contributed by atoms with Crippen molar-refractivity contribution in [3.05, 3.63) is 29.8 Å². The van der Waals surface area contributed by atoms with E-state index in [0.29, 0.717) is 0 Å². The average molecular weight is 248 g/mol. The van der Waals surface area contributed by atoms with E-state index in [9.17, 15) is 22.0 Å². The minimum absolute atomic E-state index is 0.177. The van der Waals surface area contributed by atoms with E-state index in [1.54, 1.807) is 0 Å². The van der Waals surface area contributed by atoms with Crippen LogP contribution in [0.15, 0.2) is 29.2 Å². The highest BCUT2D eigenvalue weighted by Crippen LogP contribution is 2.27. The molecule has 6 heteroatoms. The van der Waals surface area contributed by atoms with Crippen molar-refractivity contribution >= 4 is 16.1 Å². The summed E-state index contributed by atoms with van der Waals surface area (Å²) >= 11 is 0. The summed E-state index contributed by atoms with van der Waals surface area (Å²) in [5.41, 5.74) is -0.614. The summed E-state index contributed by atoms with van der Waals surface area (Å²) in [4.78, 5) is 9.96. The van der Waals surface area contributed by atoms with E-state index in [4.69, 9.17) is 0 Å². The Morgan fingerprint density at radius 2 is 2.00 bits per heavy atom. The maximum absolute atomic E-state index is 13.0. The van der Waals surface area contributed by atoms with Crippen LogP contribution in [0.2, 0.25) is 0 Å². The lowest BCUT2D eigenvalue weighted by molar-refractivity contribution is -0.130. The second-order valence-electron chi connectivity index (χ2n) is 3.17. The summed E-state index contributed by atoms with van der Waals surface area (Å²) in [6.45, 7) is 1.42. The summed E-state index contributed by atoms with van der Waals surface area (Å²) in [6, 6.07) is 4.26. The topological polar surface area (TPSA) is 51.2 Å². The van der Waals surface area contributed by atoms with E-state index in [-0.39, 0.29) is 10.6 Å². The van der Waals surface area contributed by atoms with Crippen molar-refractivity contribution in [1.82, 2.24) is 0 Å². The van der Waals surface area contributed by atoms with E-state index in [2.05, 4.69) is 0 Å². The highest BCUT2D eigenvalue weighted by atomic mass is 32.2. The third kappa shape index (κ3) is 2.44. The fourth-order valence-corrected chi connectivity index (χ4v) is 2.06. The second-order valence-corrected chi connectivity index (χ2v) is 5.45. The first-order chi connectivity index (χ1) is 7.33. The van der Waals surface area contributed by atoms with E-state index in [0.717, 1.165) is 12.1 Å². The zero-order valence-corrected chi connectivity index (χ0v) is 9.30. The molecule has 0 radical (unpaired) electrons. The normalized spacial score (nSPS) is 12.4. The lowest BCUT2D eigenvalue weighted by Crippen LogP contribution is -2.15. The monoisotopic (exact) mass is 248 g/mol. The minimum Gasteiger partial charge on any atom is -0.296 e. The third-order valence-corrected chi connectivity index (χ3v) is 3.84. The number of sulfone groups is 1. The molecular formula is C10H10F2O3S. The van der Waals surface area contributed by atoms with Gasteiger partial charge in [0.25, 0.3) is 0 Å². The Hall–Kier alpha value is -1.30. The number of rotatable bonds is 4. The smallest absolute Gasteiger partial charge is 0.296 e. The maximum atomic E-state index is 13.0. The summed E-state index contributed by atoms with van der Waals surface area (Å²) in [5, 5.41) is 0. The first-order valence-electron chi connectivity index (χ1n) is 4.51. The largest absolute Gasteiger partial charge is 0.327 e. The second kappa shape index (κ2) is 4.29. The summed E-state index contributed by atoms with van der Waals surface area (Å²) in [5.74, 6) is -3.83. The van der Waals surface area contributed by atoms with Crippen LogP contribution in [-0.4, -0.2) is 20.5 Å². The SMILES string of the molecule is CCS(=O)(=O)c1cccc(C(F)(F)C=O)c1. The molecule has 0 atom stereocenters. The molecule has 0 unspecified atom stereocenters. The van der Waals surface area contributed by atoms with Crippen LogP contribution in [0.25, 0.3) is 0 Å². The van der Waals surface area contributed by atoms with Gasteiger partial charge in [-0.1, -0.05) is 19.1 Å².